The van der Waals surface area contributed by atoms with E-state index in [0.717, 1.165) is 22.3 Å². The second kappa shape index (κ2) is 11.8. The van der Waals surface area contributed by atoms with Gasteiger partial charge in [0.1, 0.15) is 0 Å². The van der Waals surface area contributed by atoms with Crippen LogP contribution in [-0.4, -0.2) is 37.8 Å². The molecule has 0 aliphatic carbocycles. The van der Waals surface area contributed by atoms with E-state index in [0.29, 0.717) is 12.3 Å². The van der Waals surface area contributed by atoms with Gasteiger partial charge in [-0.15, -0.1) is 0 Å². The van der Waals surface area contributed by atoms with Gasteiger partial charge in [-0.25, -0.2) is 8.42 Å². The summed E-state index contributed by atoms with van der Waals surface area (Å²) < 4.78 is 33.0. The lowest BCUT2D eigenvalue weighted by molar-refractivity contribution is -0.142. The van der Waals surface area contributed by atoms with Crippen molar-refractivity contribution in [2.75, 3.05) is 18.5 Å². The van der Waals surface area contributed by atoms with Crippen LogP contribution in [0.4, 0.5) is 5.69 Å². The van der Waals surface area contributed by atoms with E-state index in [4.69, 9.17) is 4.74 Å². The third kappa shape index (κ3) is 7.50. The number of ether oxygens (including phenoxy) is 1. The highest BCUT2D eigenvalue weighted by molar-refractivity contribution is 7.89. The van der Waals surface area contributed by atoms with E-state index in [9.17, 15) is 18.0 Å². The van der Waals surface area contributed by atoms with Crippen LogP contribution in [0.3, 0.4) is 0 Å². The van der Waals surface area contributed by atoms with Crippen LogP contribution >= 0.6 is 0 Å². The highest BCUT2D eigenvalue weighted by Crippen LogP contribution is 2.20. The van der Waals surface area contributed by atoms with Crippen LogP contribution in [0.5, 0.6) is 0 Å². The summed E-state index contributed by atoms with van der Waals surface area (Å²) in [6.45, 7) is 5.58. The zero-order chi connectivity index (χ0) is 25.4. The maximum Gasteiger partial charge on any atom is 0.310 e. The van der Waals surface area contributed by atoms with Crippen molar-refractivity contribution in [1.29, 1.82) is 0 Å². The molecule has 0 spiro atoms. The number of sulfonamides is 1. The molecule has 3 aromatic carbocycles. The molecule has 1 N–H and O–H groups in total. The monoisotopic (exact) mass is 494 g/mol. The molecule has 0 bridgehead atoms. The number of carbonyl (C=O) groups excluding carboxylic acids is 2. The first-order valence-corrected chi connectivity index (χ1v) is 12.8. The molecule has 184 valence electrons. The predicted octanol–water partition coefficient (Wildman–Crippen LogP) is 4.24. The van der Waals surface area contributed by atoms with Crippen molar-refractivity contribution < 1.29 is 22.7 Å². The van der Waals surface area contributed by atoms with Gasteiger partial charge in [-0.1, -0.05) is 59.7 Å². The Kier molecular flexibility index (Phi) is 8.78. The average molecular weight is 495 g/mol. The second-order valence-corrected chi connectivity index (χ2v) is 10.2. The van der Waals surface area contributed by atoms with E-state index < -0.39 is 15.9 Å². The van der Waals surface area contributed by atoms with Crippen LogP contribution in [0.25, 0.3) is 0 Å². The first-order valence-electron chi connectivity index (χ1n) is 11.3. The zero-order valence-corrected chi connectivity index (χ0v) is 21.0. The fourth-order valence-corrected chi connectivity index (χ4v) is 4.93. The molecule has 0 aliphatic rings. The fourth-order valence-electron chi connectivity index (χ4n) is 3.54. The largest absolute Gasteiger partial charge is 0.466 e. The maximum absolute atomic E-state index is 13.4. The first kappa shape index (κ1) is 26.1. The number of aryl methyl sites for hydroxylation is 2. The lowest BCUT2D eigenvalue weighted by atomic mass is 10.1. The van der Waals surface area contributed by atoms with E-state index >= 15 is 0 Å². The summed E-state index contributed by atoms with van der Waals surface area (Å²) in [6.07, 6.45) is 0.140. The molecule has 0 saturated carbocycles. The summed E-state index contributed by atoms with van der Waals surface area (Å²) in [6, 6.07) is 20.9. The standard InChI is InChI=1S/C27H30N2O5S/c1-4-34-27(31)17-22-10-12-24(13-11-22)28-26(30)19-29(18-23-7-5-6-21(3)16-23)35(32,33)25-14-8-20(2)9-15-25/h5-16H,4,17-19H2,1-3H3,(H,28,30). The van der Waals surface area contributed by atoms with Crippen LogP contribution < -0.4 is 5.32 Å². The van der Waals surface area contributed by atoms with Gasteiger partial charge >= 0.3 is 5.97 Å². The summed E-state index contributed by atoms with van der Waals surface area (Å²) in [4.78, 5) is 24.6. The number of hydrogen-bond acceptors (Lipinski definition) is 5. The summed E-state index contributed by atoms with van der Waals surface area (Å²) in [5, 5.41) is 2.75. The Morgan fingerprint density at radius 2 is 1.57 bits per heavy atom. The SMILES string of the molecule is CCOC(=O)Cc1ccc(NC(=O)CN(Cc2cccc(C)c2)S(=O)(=O)c2ccc(C)cc2)cc1. The van der Waals surface area contributed by atoms with Gasteiger partial charge in [0.25, 0.3) is 0 Å². The number of nitrogens with one attached hydrogen (secondary N) is 1. The third-order valence-corrected chi connectivity index (χ3v) is 7.12. The van der Waals surface area contributed by atoms with E-state index in [1.807, 2.05) is 38.1 Å². The summed E-state index contributed by atoms with van der Waals surface area (Å²) in [7, 11) is -3.92. The number of anilines is 1. The van der Waals surface area contributed by atoms with Gasteiger partial charge in [0, 0.05) is 12.2 Å². The van der Waals surface area contributed by atoms with Crippen LogP contribution in [-0.2, 0) is 37.3 Å². The Hall–Kier alpha value is -3.49. The number of hydrogen-bond donors (Lipinski definition) is 1. The van der Waals surface area contributed by atoms with E-state index in [2.05, 4.69) is 5.32 Å². The summed E-state index contributed by atoms with van der Waals surface area (Å²) in [5.74, 6) is -0.788. The molecule has 0 radical (unpaired) electrons. The molecule has 7 nitrogen and oxygen atoms in total. The van der Waals surface area contributed by atoms with Crippen LogP contribution in [0.1, 0.15) is 29.2 Å². The minimum absolute atomic E-state index is 0.0593. The molecule has 1 amide bonds. The molecule has 0 fully saturated rings. The molecule has 3 aromatic rings. The molecule has 8 heteroatoms. The van der Waals surface area contributed by atoms with Crippen LogP contribution in [0.2, 0.25) is 0 Å². The Morgan fingerprint density at radius 1 is 0.886 bits per heavy atom. The molecular formula is C27H30N2O5S. The number of esters is 1. The highest BCUT2D eigenvalue weighted by atomic mass is 32.2. The molecule has 0 unspecified atom stereocenters. The lowest BCUT2D eigenvalue weighted by Gasteiger charge is -2.22. The average Bonchev–Trinajstić information content (AvgIpc) is 2.80. The van der Waals surface area contributed by atoms with Crippen molar-refractivity contribution in [2.45, 2.75) is 38.6 Å². The van der Waals surface area contributed by atoms with Gasteiger partial charge in [-0.2, -0.15) is 4.31 Å². The smallest absolute Gasteiger partial charge is 0.310 e. The van der Waals surface area contributed by atoms with Gasteiger partial charge in [0.15, 0.2) is 0 Å². The molecule has 0 aliphatic heterocycles. The quantitative estimate of drug-likeness (QED) is 0.426. The Bertz CT molecular complexity index is 1270. The van der Waals surface area contributed by atoms with Gasteiger partial charge in [0.2, 0.25) is 15.9 Å². The molecule has 3 rings (SSSR count). The topological polar surface area (TPSA) is 92.8 Å². The molecule has 0 atom stereocenters. The number of amides is 1. The second-order valence-electron chi connectivity index (χ2n) is 8.30. The van der Waals surface area contributed by atoms with Crippen LogP contribution in [0, 0.1) is 13.8 Å². The first-order chi connectivity index (χ1) is 16.7. The van der Waals surface area contributed by atoms with E-state index in [1.165, 1.54) is 4.31 Å². The highest BCUT2D eigenvalue weighted by Gasteiger charge is 2.27. The Balaban J connectivity index is 1.77. The van der Waals surface area contributed by atoms with E-state index in [1.54, 1.807) is 55.5 Å². The third-order valence-electron chi connectivity index (χ3n) is 5.31. The fraction of sp³-hybridized carbons (Fsp3) is 0.259. The normalized spacial score (nSPS) is 11.3. The minimum Gasteiger partial charge on any atom is -0.466 e. The van der Waals surface area contributed by atoms with Gasteiger partial charge in [-0.05, 0) is 56.2 Å². The molecule has 0 saturated heterocycles. The molecular weight excluding hydrogens is 464 g/mol. The summed E-state index contributed by atoms with van der Waals surface area (Å²) >= 11 is 0. The van der Waals surface area contributed by atoms with Crippen molar-refractivity contribution in [3.05, 3.63) is 95.1 Å². The molecule has 0 heterocycles. The van der Waals surface area contributed by atoms with Gasteiger partial charge in [-0.3, -0.25) is 9.59 Å². The number of rotatable bonds is 10. The van der Waals surface area contributed by atoms with Crippen molar-refractivity contribution >= 4 is 27.6 Å². The van der Waals surface area contributed by atoms with Crippen molar-refractivity contribution in [2.24, 2.45) is 0 Å². The zero-order valence-electron chi connectivity index (χ0n) is 20.2. The van der Waals surface area contributed by atoms with Crippen molar-refractivity contribution in [3.8, 4) is 0 Å². The van der Waals surface area contributed by atoms with Crippen molar-refractivity contribution in [3.63, 3.8) is 0 Å². The number of benzene rings is 3. The van der Waals surface area contributed by atoms with Crippen LogP contribution in [0.15, 0.2) is 77.7 Å². The van der Waals surface area contributed by atoms with E-state index in [-0.39, 0.29) is 30.4 Å². The maximum atomic E-state index is 13.4. The number of carbonyl (C=O) groups is 2. The lowest BCUT2D eigenvalue weighted by Crippen LogP contribution is -2.37. The molecule has 35 heavy (non-hydrogen) atoms. The number of nitrogens with zero attached hydrogens (tertiary/aromatic N) is 1. The Labute approximate surface area is 206 Å². The van der Waals surface area contributed by atoms with Gasteiger partial charge < -0.3 is 10.1 Å². The molecule has 0 aromatic heterocycles. The minimum atomic E-state index is -3.92. The van der Waals surface area contributed by atoms with Gasteiger partial charge in [0.05, 0.1) is 24.5 Å². The Morgan fingerprint density at radius 3 is 2.20 bits per heavy atom. The predicted molar refractivity (Wildman–Crippen MR) is 135 cm³/mol. The summed E-state index contributed by atoms with van der Waals surface area (Å²) in [5.41, 5.74) is 3.99. The van der Waals surface area contributed by atoms with Crippen molar-refractivity contribution in [1.82, 2.24) is 4.31 Å².